The minimum Gasteiger partial charge on any atom is -0.368 e. The van der Waals surface area contributed by atoms with Crippen LogP contribution in [0.4, 0.5) is 0 Å². The van der Waals surface area contributed by atoms with Crippen LogP contribution in [-0.4, -0.2) is 50.1 Å². The number of hydrogen-bond acceptors (Lipinski definition) is 6. The molecule has 1 saturated heterocycles. The summed E-state index contributed by atoms with van der Waals surface area (Å²) in [6.45, 7) is 7.03. The van der Waals surface area contributed by atoms with Gasteiger partial charge in [-0.25, -0.2) is 4.98 Å². The predicted octanol–water partition coefficient (Wildman–Crippen LogP) is 4.17. The highest BCUT2D eigenvalue weighted by atomic mass is 32.2. The van der Waals surface area contributed by atoms with Gasteiger partial charge in [0.15, 0.2) is 9.83 Å². The van der Waals surface area contributed by atoms with Crippen LogP contribution in [0.15, 0.2) is 42.0 Å². The van der Waals surface area contributed by atoms with Crippen molar-refractivity contribution in [1.82, 2.24) is 24.9 Å². The van der Waals surface area contributed by atoms with Crippen molar-refractivity contribution in [2.75, 3.05) is 13.1 Å². The number of carbonyl (C=O) groups is 2. The molecule has 0 spiro atoms. The van der Waals surface area contributed by atoms with E-state index in [4.69, 9.17) is 0 Å². The lowest BCUT2D eigenvalue weighted by molar-refractivity contribution is -0.137. The summed E-state index contributed by atoms with van der Waals surface area (Å²) in [6, 6.07) is 8.20. The van der Waals surface area contributed by atoms with E-state index in [2.05, 4.69) is 34.7 Å². The Kier molecular flexibility index (Phi) is 6.16. The third-order valence-corrected chi connectivity index (χ3v) is 8.66. The number of piperidine rings is 1. The molecule has 1 aromatic carbocycles. The van der Waals surface area contributed by atoms with Crippen LogP contribution in [0.25, 0.3) is 9.87 Å². The number of aromatic nitrogens is 2. The molecule has 0 aliphatic carbocycles. The number of benzene rings is 1. The van der Waals surface area contributed by atoms with Crippen molar-refractivity contribution in [2.24, 2.45) is 0 Å². The first-order valence-electron chi connectivity index (χ1n) is 11.6. The molecule has 178 valence electrons. The van der Waals surface area contributed by atoms with Crippen LogP contribution in [0.2, 0.25) is 0 Å². The second-order valence-corrected chi connectivity index (χ2v) is 11.4. The molecule has 2 N–H and O–H groups in total. The van der Waals surface area contributed by atoms with Crippen molar-refractivity contribution in [3.63, 3.8) is 0 Å². The van der Waals surface area contributed by atoms with E-state index in [1.165, 1.54) is 16.9 Å². The summed E-state index contributed by atoms with van der Waals surface area (Å²) in [7, 11) is 0. The number of carbonyl (C=O) groups excluding carboxylic acids is 2. The van der Waals surface area contributed by atoms with Gasteiger partial charge in [0.25, 0.3) is 11.8 Å². The first-order valence-corrected chi connectivity index (χ1v) is 13.3. The summed E-state index contributed by atoms with van der Waals surface area (Å²) in [6.07, 6.45) is 6.74. The molecule has 34 heavy (non-hydrogen) atoms. The molecule has 3 aromatic rings. The summed E-state index contributed by atoms with van der Waals surface area (Å²) in [5.41, 5.74) is 3.62. The Morgan fingerprint density at radius 2 is 2.09 bits per heavy atom. The van der Waals surface area contributed by atoms with E-state index in [1.807, 2.05) is 53.1 Å². The Labute approximate surface area is 207 Å². The number of aryl methyl sites for hydroxylation is 2. The fraction of sp³-hybridized carbons (Fsp3) is 0.400. The Morgan fingerprint density at radius 3 is 2.91 bits per heavy atom. The topological polar surface area (TPSA) is 78.7 Å². The summed E-state index contributed by atoms with van der Waals surface area (Å²) >= 11 is 3.08. The number of nitrogens with zero attached hydrogens (tertiary/aromatic N) is 3. The van der Waals surface area contributed by atoms with Crippen LogP contribution < -0.4 is 10.6 Å². The minimum absolute atomic E-state index is 0.0295. The summed E-state index contributed by atoms with van der Waals surface area (Å²) in [5.74, 6) is -0.0819. The highest BCUT2D eigenvalue weighted by molar-refractivity contribution is 8.10. The van der Waals surface area contributed by atoms with E-state index < -0.39 is 4.87 Å². The lowest BCUT2D eigenvalue weighted by Crippen LogP contribution is -2.57. The zero-order chi connectivity index (χ0) is 23.9. The summed E-state index contributed by atoms with van der Waals surface area (Å²) in [5, 5.41) is 8.35. The molecular formula is C25H29N5O2S2. The van der Waals surface area contributed by atoms with Gasteiger partial charge in [0, 0.05) is 41.8 Å². The van der Waals surface area contributed by atoms with Gasteiger partial charge >= 0.3 is 0 Å². The van der Waals surface area contributed by atoms with Gasteiger partial charge in [0.05, 0.1) is 5.69 Å². The largest absolute Gasteiger partial charge is 0.368 e. The van der Waals surface area contributed by atoms with Crippen molar-refractivity contribution in [2.45, 2.75) is 50.9 Å². The predicted molar refractivity (Wildman–Crippen MR) is 138 cm³/mol. The van der Waals surface area contributed by atoms with E-state index in [1.54, 1.807) is 11.8 Å². The molecule has 1 fully saturated rings. The molecule has 0 bridgehead atoms. The van der Waals surface area contributed by atoms with Gasteiger partial charge in [-0.3, -0.25) is 14.0 Å². The molecule has 1 unspecified atom stereocenters. The van der Waals surface area contributed by atoms with Crippen LogP contribution in [0.3, 0.4) is 0 Å². The van der Waals surface area contributed by atoms with E-state index in [-0.39, 0.29) is 17.9 Å². The number of amides is 2. The minimum atomic E-state index is -0.762. The lowest BCUT2D eigenvalue weighted by atomic mass is 10.0. The van der Waals surface area contributed by atoms with Crippen LogP contribution in [0.1, 0.15) is 53.5 Å². The standard InChI is InChI=1S/C25H29N5O2S2/c1-16-8-4-5-10-19(16)20-15-27-25(3,34-20)23(32)29-11-7-6-9-18(29)14-26-22(31)21-17(2)28-24-30(21)12-13-33-24/h4-5,8,10,12-13,15,18,27H,6-7,9,11,14H2,1-3H3,(H,26,31)/t18?,25-/m0/s1. The zero-order valence-corrected chi connectivity index (χ0v) is 21.3. The third kappa shape index (κ3) is 4.11. The number of imidazole rings is 1. The fourth-order valence-electron chi connectivity index (χ4n) is 4.79. The van der Waals surface area contributed by atoms with Gasteiger partial charge < -0.3 is 15.5 Å². The van der Waals surface area contributed by atoms with Gasteiger partial charge in [-0.15, -0.1) is 11.3 Å². The average molecular weight is 496 g/mol. The molecule has 4 heterocycles. The zero-order valence-electron chi connectivity index (χ0n) is 19.6. The number of nitrogens with one attached hydrogen (secondary N) is 2. The van der Waals surface area contributed by atoms with Crippen molar-refractivity contribution in [1.29, 1.82) is 0 Å². The van der Waals surface area contributed by atoms with Gasteiger partial charge in [0.1, 0.15) is 5.69 Å². The monoisotopic (exact) mass is 495 g/mol. The molecule has 2 atom stereocenters. The maximum Gasteiger partial charge on any atom is 0.270 e. The quantitative estimate of drug-likeness (QED) is 0.555. The molecule has 2 amide bonds. The van der Waals surface area contributed by atoms with Crippen LogP contribution >= 0.6 is 23.1 Å². The SMILES string of the molecule is Cc1ccccc1C1=CN[C@](C)(C(=O)N2CCCCC2CNC(=O)c2c(C)nc3sccn23)S1. The molecule has 0 saturated carbocycles. The molecule has 2 aliphatic rings. The molecule has 5 rings (SSSR count). The third-order valence-electron chi connectivity index (χ3n) is 6.65. The first kappa shape index (κ1) is 23.0. The highest BCUT2D eigenvalue weighted by Crippen LogP contribution is 2.43. The molecule has 9 heteroatoms. The van der Waals surface area contributed by atoms with Gasteiger partial charge in [-0.1, -0.05) is 36.0 Å². The number of likely N-dealkylation sites (tertiary alicyclic amines) is 1. The number of fused-ring (bicyclic) bond motifs is 1. The lowest BCUT2D eigenvalue weighted by Gasteiger charge is -2.40. The van der Waals surface area contributed by atoms with E-state index in [0.717, 1.165) is 40.4 Å². The van der Waals surface area contributed by atoms with Crippen molar-refractivity contribution < 1.29 is 9.59 Å². The van der Waals surface area contributed by atoms with Crippen molar-refractivity contribution in [3.8, 4) is 0 Å². The van der Waals surface area contributed by atoms with Crippen molar-refractivity contribution >= 4 is 44.8 Å². The second kappa shape index (κ2) is 9.11. The van der Waals surface area contributed by atoms with Crippen LogP contribution in [0, 0.1) is 13.8 Å². The maximum absolute atomic E-state index is 13.7. The maximum atomic E-state index is 13.7. The fourth-order valence-corrected chi connectivity index (χ4v) is 6.76. The molecular weight excluding hydrogens is 466 g/mol. The van der Waals surface area contributed by atoms with Gasteiger partial charge in [0.2, 0.25) is 0 Å². The molecule has 7 nitrogen and oxygen atoms in total. The Bertz CT molecular complexity index is 1280. The first-order chi connectivity index (χ1) is 16.4. The molecule has 2 aliphatic heterocycles. The number of hydrogen-bond donors (Lipinski definition) is 2. The smallest absolute Gasteiger partial charge is 0.270 e. The van der Waals surface area contributed by atoms with E-state index >= 15 is 0 Å². The molecule has 2 aromatic heterocycles. The molecule has 0 radical (unpaired) electrons. The highest BCUT2D eigenvalue weighted by Gasteiger charge is 2.43. The van der Waals surface area contributed by atoms with E-state index in [0.29, 0.717) is 18.8 Å². The number of thiazole rings is 1. The van der Waals surface area contributed by atoms with Gasteiger partial charge in [-0.2, -0.15) is 0 Å². The van der Waals surface area contributed by atoms with Gasteiger partial charge in [-0.05, 0) is 51.2 Å². The van der Waals surface area contributed by atoms with Crippen LogP contribution in [-0.2, 0) is 4.79 Å². The number of rotatable bonds is 5. The average Bonchev–Trinajstić information content (AvgIpc) is 3.52. The van der Waals surface area contributed by atoms with Crippen LogP contribution in [0.5, 0.6) is 0 Å². The summed E-state index contributed by atoms with van der Waals surface area (Å²) < 4.78 is 1.83. The number of thioether (sulfide) groups is 1. The summed E-state index contributed by atoms with van der Waals surface area (Å²) in [4.78, 5) is 34.3. The van der Waals surface area contributed by atoms with Crippen molar-refractivity contribution in [3.05, 3.63) is 64.6 Å². The normalized spacial score (nSPS) is 22.5. The van der Waals surface area contributed by atoms with E-state index in [9.17, 15) is 9.59 Å². The Morgan fingerprint density at radius 1 is 1.26 bits per heavy atom. The second-order valence-electron chi connectivity index (χ2n) is 9.06. The Balaban J connectivity index is 1.28. The Hall–Kier alpha value is -2.78.